The molecule has 4 N–H and O–H groups in total. The third-order valence-corrected chi connectivity index (χ3v) is 3.25. The van der Waals surface area contributed by atoms with Crippen LogP contribution in [0.5, 0.6) is 5.75 Å². The number of hydrogen-bond donors (Lipinski definition) is 2. The monoisotopic (exact) mass is 354 g/mol. The average molecular weight is 356 g/mol. The minimum Gasteiger partial charge on any atom is -0.492 e. The third-order valence-electron chi connectivity index (χ3n) is 3.25. The summed E-state index contributed by atoms with van der Waals surface area (Å²) in [6.45, 7) is 3.26. The predicted molar refractivity (Wildman–Crippen MR) is 92.3 cm³/mol. The van der Waals surface area contributed by atoms with Crippen molar-refractivity contribution in [1.29, 1.82) is 0 Å². The number of ether oxygens (including phenoxy) is 1. The van der Waals surface area contributed by atoms with E-state index in [0.717, 1.165) is 28.6 Å². The number of fused-ring (bicyclic) bond motifs is 3. The Morgan fingerprint density at radius 3 is 2.76 bits per heavy atom. The molecule has 1 aliphatic rings. The van der Waals surface area contributed by atoms with Gasteiger partial charge in [0.25, 0.3) is 0 Å². The summed E-state index contributed by atoms with van der Waals surface area (Å²) in [7, 11) is 0. The van der Waals surface area contributed by atoms with Gasteiger partial charge in [-0.2, -0.15) is 5.10 Å². The summed E-state index contributed by atoms with van der Waals surface area (Å²) < 4.78 is 7.63. The average Bonchev–Trinajstić information content (AvgIpc) is 2.72. The number of aromatic nitrogens is 2. The SMILES string of the molecule is C[C@H](N)Cn1ncc2ccc3c(c21)C[C@@H](N)CO3.Cl.Cl.Cl. The first-order chi connectivity index (χ1) is 8.65. The van der Waals surface area contributed by atoms with Crippen molar-refractivity contribution in [3.05, 3.63) is 23.9 Å². The van der Waals surface area contributed by atoms with Crippen LogP contribution in [0, 0.1) is 0 Å². The minimum atomic E-state index is 0. The zero-order chi connectivity index (χ0) is 12.7. The topological polar surface area (TPSA) is 79.1 Å². The van der Waals surface area contributed by atoms with Gasteiger partial charge in [-0.05, 0) is 25.5 Å². The zero-order valence-electron chi connectivity index (χ0n) is 11.7. The zero-order valence-corrected chi connectivity index (χ0v) is 14.1. The van der Waals surface area contributed by atoms with Crippen LogP contribution in [0.4, 0.5) is 0 Å². The van der Waals surface area contributed by atoms with Crippen LogP contribution in [0.2, 0.25) is 0 Å². The van der Waals surface area contributed by atoms with Gasteiger partial charge >= 0.3 is 0 Å². The molecule has 2 heterocycles. The van der Waals surface area contributed by atoms with Crippen LogP contribution in [0.3, 0.4) is 0 Å². The van der Waals surface area contributed by atoms with Crippen molar-refractivity contribution in [3.63, 3.8) is 0 Å². The van der Waals surface area contributed by atoms with E-state index in [1.54, 1.807) is 0 Å². The van der Waals surface area contributed by atoms with E-state index in [1.165, 1.54) is 0 Å². The highest BCUT2D eigenvalue weighted by molar-refractivity contribution is 5.86. The molecule has 0 unspecified atom stereocenters. The lowest BCUT2D eigenvalue weighted by Crippen LogP contribution is -2.34. The van der Waals surface area contributed by atoms with Crippen molar-refractivity contribution < 1.29 is 4.74 Å². The van der Waals surface area contributed by atoms with Gasteiger partial charge in [-0.1, -0.05) is 0 Å². The first-order valence-corrected chi connectivity index (χ1v) is 6.26. The van der Waals surface area contributed by atoms with Gasteiger partial charge in [-0.25, -0.2) is 0 Å². The molecule has 0 radical (unpaired) electrons. The van der Waals surface area contributed by atoms with Gasteiger partial charge in [-0.3, -0.25) is 4.68 Å². The van der Waals surface area contributed by atoms with E-state index in [9.17, 15) is 0 Å². The second-order valence-electron chi connectivity index (χ2n) is 5.06. The van der Waals surface area contributed by atoms with Crippen molar-refractivity contribution in [2.75, 3.05) is 6.61 Å². The fourth-order valence-corrected chi connectivity index (χ4v) is 2.50. The Bertz CT molecular complexity index is 588. The Kier molecular flexibility index (Phi) is 7.78. The highest BCUT2D eigenvalue weighted by atomic mass is 35.5. The summed E-state index contributed by atoms with van der Waals surface area (Å²) in [5, 5.41) is 5.53. The van der Waals surface area contributed by atoms with Gasteiger partial charge in [0, 0.05) is 23.0 Å². The van der Waals surface area contributed by atoms with Crippen molar-refractivity contribution >= 4 is 48.1 Å². The molecule has 8 heteroatoms. The smallest absolute Gasteiger partial charge is 0.124 e. The molecule has 120 valence electrons. The third kappa shape index (κ3) is 3.93. The molecule has 0 saturated carbocycles. The van der Waals surface area contributed by atoms with E-state index >= 15 is 0 Å². The first kappa shape index (κ1) is 20.3. The Balaban J connectivity index is 0.00000133. The van der Waals surface area contributed by atoms with Gasteiger partial charge < -0.3 is 16.2 Å². The van der Waals surface area contributed by atoms with Crippen LogP contribution in [-0.4, -0.2) is 28.5 Å². The quantitative estimate of drug-likeness (QED) is 0.862. The largest absolute Gasteiger partial charge is 0.492 e. The molecule has 0 amide bonds. The number of halogens is 3. The summed E-state index contributed by atoms with van der Waals surface area (Å²) in [6.07, 6.45) is 2.70. The van der Waals surface area contributed by atoms with Crippen molar-refractivity contribution in [1.82, 2.24) is 9.78 Å². The second kappa shape index (κ2) is 8.06. The molecule has 0 saturated heterocycles. The maximum absolute atomic E-state index is 5.98. The lowest BCUT2D eigenvalue weighted by atomic mass is 10.0. The van der Waals surface area contributed by atoms with Crippen LogP contribution >= 0.6 is 37.2 Å². The molecular weight excluding hydrogens is 335 g/mol. The van der Waals surface area contributed by atoms with Crippen LogP contribution < -0.4 is 16.2 Å². The maximum atomic E-state index is 5.98. The molecule has 0 spiro atoms. The normalized spacial score (nSPS) is 17.6. The molecule has 2 atom stereocenters. The lowest BCUT2D eigenvalue weighted by molar-refractivity contribution is 0.264. The Morgan fingerprint density at radius 1 is 1.38 bits per heavy atom. The standard InChI is InChI=1S/C13H18N4O.3ClH/c1-8(14)6-17-13-9(5-16-17)2-3-12-11(13)4-10(15)7-18-12;;;/h2-3,5,8,10H,4,6-7,14-15H2,1H3;3*1H/t8-,10+;;;/m0.../s1. The summed E-state index contributed by atoms with van der Waals surface area (Å²) >= 11 is 0. The molecule has 2 aromatic rings. The van der Waals surface area contributed by atoms with Gasteiger partial charge in [0.1, 0.15) is 12.4 Å². The van der Waals surface area contributed by atoms with E-state index in [1.807, 2.05) is 29.9 Å². The van der Waals surface area contributed by atoms with E-state index in [2.05, 4.69) is 5.10 Å². The fraction of sp³-hybridized carbons (Fsp3) is 0.462. The Hall–Kier alpha value is -0.720. The van der Waals surface area contributed by atoms with Crippen LogP contribution in [-0.2, 0) is 13.0 Å². The molecule has 1 aliphatic heterocycles. The van der Waals surface area contributed by atoms with E-state index < -0.39 is 0 Å². The molecule has 3 rings (SSSR count). The molecule has 0 bridgehead atoms. The molecule has 5 nitrogen and oxygen atoms in total. The van der Waals surface area contributed by atoms with Crippen LogP contribution in [0.15, 0.2) is 18.3 Å². The van der Waals surface area contributed by atoms with Crippen LogP contribution in [0.1, 0.15) is 12.5 Å². The van der Waals surface area contributed by atoms with Gasteiger partial charge in [0.15, 0.2) is 0 Å². The molecule has 0 fully saturated rings. The molecule has 1 aromatic heterocycles. The highest BCUT2D eigenvalue weighted by Gasteiger charge is 2.21. The lowest BCUT2D eigenvalue weighted by Gasteiger charge is -2.23. The van der Waals surface area contributed by atoms with Crippen molar-refractivity contribution in [2.45, 2.75) is 32.0 Å². The highest BCUT2D eigenvalue weighted by Crippen LogP contribution is 2.31. The second-order valence-corrected chi connectivity index (χ2v) is 5.06. The summed E-state index contributed by atoms with van der Waals surface area (Å²) in [5.41, 5.74) is 14.1. The molecule has 1 aromatic carbocycles. The van der Waals surface area contributed by atoms with E-state index in [-0.39, 0.29) is 49.3 Å². The summed E-state index contributed by atoms with van der Waals surface area (Å²) in [6, 6.07) is 4.17. The van der Waals surface area contributed by atoms with E-state index in [4.69, 9.17) is 16.2 Å². The predicted octanol–water partition coefficient (Wildman–Crippen LogP) is 1.91. The number of hydrogen-bond acceptors (Lipinski definition) is 4. The van der Waals surface area contributed by atoms with Crippen molar-refractivity contribution in [2.24, 2.45) is 11.5 Å². The van der Waals surface area contributed by atoms with Crippen molar-refractivity contribution in [3.8, 4) is 5.75 Å². The van der Waals surface area contributed by atoms with Gasteiger partial charge in [0.05, 0.1) is 18.3 Å². The molecular formula is C13H21Cl3N4O. The Morgan fingerprint density at radius 2 is 2.10 bits per heavy atom. The minimum absolute atomic E-state index is 0. The number of benzene rings is 1. The summed E-state index contributed by atoms with van der Waals surface area (Å²) in [5.74, 6) is 0.927. The fourth-order valence-electron chi connectivity index (χ4n) is 2.50. The van der Waals surface area contributed by atoms with E-state index in [0.29, 0.717) is 13.2 Å². The van der Waals surface area contributed by atoms with Gasteiger partial charge in [-0.15, -0.1) is 37.2 Å². The maximum Gasteiger partial charge on any atom is 0.124 e. The molecule has 0 aliphatic carbocycles. The molecule has 21 heavy (non-hydrogen) atoms. The van der Waals surface area contributed by atoms with Gasteiger partial charge in [0.2, 0.25) is 0 Å². The Labute approximate surface area is 142 Å². The number of nitrogens with zero attached hydrogens (tertiary/aromatic N) is 2. The summed E-state index contributed by atoms with van der Waals surface area (Å²) in [4.78, 5) is 0. The first-order valence-electron chi connectivity index (χ1n) is 6.26. The number of nitrogens with two attached hydrogens (primary N) is 2. The number of rotatable bonds is 2. The van der Waals surface area contributed by atoms with Crippen LogP contribution in [0.25, 0.3) is 10.9 Å².